The smallest absolute Gasteiger partial charge is 0.345 e. The average molecular weight is 293 g/mol. The number of piperidine rings is 1. The lowest BCUT2D eigenvalue weighted by molar-refractivity contribution is 0.0602. The van der Waals surface area contributed by atoms with Crippen LogP contribution in [0.3, 0.4) is 0 Å². The molecule has 21 heavy (non-hydrogen) atoms. The number of carbonyl (C=O) groups excluding carboxylic acids is 1. The highest BCUT2D eigenvalue weighted by Crippen LogP contribution is 2.28. The van der Waals surface area contributed by atoms with Crippen molar-refractivity contribution in [3.05, 3.63) is 5.56 Å². The first-order valence-corrected chi connectivity index (χ1v) is 6.83. The second-order valence-electron chi connectivity index (χ2n) is 4.95. The third-order valence-electron chi connectivity index (χ3n) is 3.49. The van der Waals surface area contributed by atoms with Gasteiger partial charge in [-0.05, 0) is 12.8 Å². The molecule has 1 fully saturated rings. The molecule has 114 valence electrons. The zero-order valence-electron chi connectivity index (χ0n) is 11.9. The fraction of sp³-hybridized carbons (Fsp3) is 0.615. The summed E-state index contributed by atoms with van der Waals surface area (Å²) in [5.41, 5.74) is 6.16. The minimum Gasteiger partial charge on any atom is -0.465 e. The number of methoxy groups -OCH3 is 1. The number of esters is 1. The van der Waals surface area contributed by atoms with Crippen molar-refractivity contribution in [3.63, 3.8) is 0 Å². The van der Waals surface area contributed by atoms with E-state index >= 15 is 0 Å². The number of aliphatic hydroxyl groups excluding tert-OH is 1. The van der Waals surface area contributed by atoms with Gasteiger partial charge in [-0.15, -0.1) is 0 Å². The van der Waals surface area contributed by atoms with E-state index in [1.165, 1.54) is 11.8 Å². The number of nitriles is 1. The van der Waals surface area contributed by atoms with Crippen LogP contribution >= 0.6 is 0 Å². The van der Waals surface area contributed by atoms with E-state index in [0.717, 1.165) is 12.8 Å². The Bertz CT molecular complexity index is 563. The monoisotopic (exact) mass is 293 g/mol. The van der Waals surface area contributed by atoms with Crippen molar-refractivity contribution in [1.29, 1.82) is 5.26 Å². The number of aromatic nitrogens is 2. The van der Waals surface area contributed by atoms with Crippen molar-refractivity contribution in [3.8, 4) is 6.07 Å². The highest BCUT2D eigenvalue weighted by Gasteiger charge is 2.29. The van der Waals surface area contributed by atoms with Gasteiger partial charge in [0.2, 0.25) is 0 Å². The lowest BCUT2D eigenvalue weighted by Crippen LogP contribution is -2.39. The molecule has 1 aromatic heterocycles. The summed E-state index contributed by atoms with van der Waals surface area (Å²) in [6.07, 6.45) is 1.34. The third kappa shape index (κ3) is 3.08. The minimum atomic E-state index is -0.564. The molecule has 1 saturated heterocycles. The molecule has 1 atom stereocenters. The van der Waals surface area contributed by atoms with E-state index in [1.807, 2.05) is 11.0 Å². The Balaban J connectivity index is 2.38. The number of nitrogen functional groups attached to an aromatic ring is 1. The van der Waals surface area contributed by atoms with Gasteiger partial charge in [-0.25, -0.2) is 9.48 Å². The Morgan fingerprint density at radius 2 is 2.43 bits per heavy atom. The molecular weight excluding hydrogens is 274 g/mol. The van der Waals surface area contributed by atoms with E-state index in [1.54, 1.807) is 0 Å². The van der Waals surface area contributed by atoms with Crippen LogP contribution in [-0.2, 0) is 11.3 Å². The summed E-state index contributed by atoms with van der Waals surface area (Å²) in [5, 5.41) is 22.8. The topological polar surface area (TPSA) is 117 Å². The summed E-state index contributed by atoms with van der Waals surface area (Å²) >= 11 is 0. The van der Waals surface area contributed by atoms with Gasteiger partial charge < -0.3 is 20.5 Å². The van der Waals surface area contributed by atoms with Gasteiger partial charge in [0.1, 0.15) is 11.4 Å². The Morgan fingerprint density at radius 3 is 3.05 bits per heavy atom. The first-order valence-electron chi connectivity index (χ1n) is 6.83. The number of hydrogen-bond acceptors (Lipinski definition) is 7. The molecule has 1 unspecified atom stereocenters. The van der Waals surface area contributed by atoms with E-state index in [4.69, 9.17) is 15.7 Å². The SMILES string of the molecule is COC(=O)c1c(N2CCCC(O)C2)nn(CCC#N)c1N. The number of nitrogens with two attached hydrogens (primary N) is 1. The van der Waals surface area contributed by atoms with Crippen LogP contribution < -0.4 is 10.6 Å². The second kappa shape index (κ2) is 6.45. The molecule has 0 radical (unpaired) electrons. The maximum Gasteiger partial charge on any atom is 0.345 e. The summed E-state index contributed by atoms with van der Waals surface area (Å²) in [6, 6.07) is 2.02. The minimum absolute atomic E-state index is 0.187. The molecule has 8 nitrogen and oxygen atoms in total. The second-order valence-corrected chi connectivity index (χ2v) is 4.95. The van der Waals surface area contributed by atoms with Gasteiger partial charge in [0.05, 0.1) is 32.2 Å². The van der Waals surface area contributed by atoms with Gasteiger partial charge in [0, 0.05) is 13.1 Å². The molecule has 0 saturated carbocycles. The standard InChI is InChI=1S/C13H19N5O3/c1-21-13(20)10-11(15)18(7-3-5-14)16-12(10)17-6-2-4-9(19)8-17/h9,19H,2-4,6-8,15H2,1H3. The highest BCUT2D eigenvalue weighted by atomic mass is 16.5. The third-order valence-corrected chi connectivity index (χ3v) is 3.49. The largest absolute Gasteiger partial charge is 0.465 e. The van der Waals surface area contributed by atoms with Crippen molar-refractivity contribution in [1.82, 2.24) is 9.78 Å². The van der Waals surface area contributed by atoms with Gasteiger partial charge in [0.25, 0.3) is 0 Å². The normalized spacial score (nSPS) is 18.3. The molecule has 2 rings (SSSR count). The van der Waals surface area contributed by atoms with Crippen LogP contribution in [0.4, 0.5) is 11.6 Å². The van der Waals surface area contributed by atoms with Gasteiger partial charge >= 0.3 is 5.97 Å². The first kappa shape index (κ1) is 15.1. The maximum atomic E-state index is 12.0. The van der Waals surface area contributed by atoms with Crippen molar-refractivity contribution < 1.29 is 14.6 Å². The maximum absolute atomic E-state index is 12.0. The molecule has 1 aliphatic rings. The number of ether oxygens (including phenoxy) is 1. The van der Waals surface area contributed by atoms with Crippen molar-refractivity contribution in [2.45, 2.75) is 31.9 Å². The first-order chi connectivity index (χ1) is 10.1. The molecule has 0 amide bonds. The van der Waals surface area contributed by atoms with Gasteiger partial charge in [-0.2, -0.15) is 10.4 Å². The highest BCUT2D eigenvalue weighted by molar-refractivity contribution is 5.99. The van der Waals surface area contributed by atoms with E-state index < -0.39 is 12.1 Å². The summed E-state index contributed by atoms with van der Waals surface area (Å²) in [5.74, 6) is 0.0361. The van der Waals surface area contributed by atoms with Crippen LogP contribution in [0.5, 0.6) is 0 Å². The molecule has 0 spiro atoms. The number of hydrogen-bond donors (Lipinski definition) is 2. The fourth-order valence-corrected chi connectivity index (χ4v) is 2.45. The van der Waals surface area contributed by atoms with Crippen molar-refractivity contribution in [2.24, 2.45) is 0 Å². The number of β-amino-alcohol motifs (C(OH)–C–C–N with tert-alkyl or cyclic N) is 1. The number of anilines is 2. The predicted molar refractivity (Wildman–Crippen MR) is 75.7 cm³/mol. The van der Waals surface area contributed by atoms with Crippen LogP contribution in [0.15, 0.2) is 0 Å². The zero-order valence-corrected chi connectivity index (χ0v) is 11.9. The van der Waals surface area contributed by atoms with Gasteiger partial charge in [-0.3, -0.25) is 0 Å². The summed E-state index contributed by atoms with van der Waals surface area (Å²) < 4.78 is 6.20. The van der Waals surface area contributed by atoms with Crippen LogP contribution in [0.2, 0.25) is 0 Å². The molecular formula is C13H19N5O3. The molecule has 2 heterocycles. The Labute approximate surface area is 122 Å². The number of nitrogens with zero attached hydrogens (tertiary/aromatic N) is 4. The predicted octanol–water partition coefficient (Wildman–Crippen LogP) is 0.127. The summed E-state index contributed by atoms with van der Waals surface area (Å²) in [6.45, 7) is 1.40. The molecule has 0 aromatic carbocycles. The lowest BCUT2D eigenvalue weighted by Gasteiger charge is -2.30. The van der Waals surface area contributed by atoms with Crippen LogP contribution in [0, 0.1) is 11.3 Å². The van der Waals surface area contributed by atoms with E-state index in [9.17, 15) is 9.90 Å². The van der Waals surface area contributed by atoms with Gasteiger partial charge in [-0.1, -0.05) is 0 Å². The fourth-order valence-electron chi connectivity index (χ4n) is 2.45. The van der Waals surface area contributed by atoms with E-state index in [-0.39, 0.29) is 17.8 Å². The number of aryl methyl sites for hydroxylation is 1. The molecule has 3 N–H and O–H groups in total. The Morgan fingerprint density at radius 1 is 1.67 bits per heavy atom. The van der Waals surface area contributed by atoms with Crippen LogP contribution in [0.1, 0.15) is 29.6 Å². The number of rotatable bonds is 4. The molecule has 8 heteroatoms. The van der Waals surface area contributed by atoms with Crippen molar-refractivity contribution in [2.75, 3.05) is 30.8 Å². The Hall–Kier alpha value is -2.27. The van der Waals surface area contributed by atoms with Crippen LogP contribution in [0.25, 0.3) is 0 Å². The molecule has 0 bridgehead atoms. The van der Waals surface area contributed by atoms with E-state index in [2.05, 4.69) is 5.10 Å². The quantitative estimate of drug-likeness (QED) is 0.757. The average Bonchev–Trinajstić information content (AvgIpc) is 2.81. The zero-order chi connectivity index (χ0) is 15.4. The number of aliphatic hydroxyl groups is 1. The summed E-state index contributed by atoms with van der Waals surface area (Å²) in [4.78, 5) is 13.8. The molecule has 1 aromatic rings. The Kier molecular flexibility index (Phi) is 4.65. The molecule has 0 aliphatic carbocycles. The summed E-state index contributed by atoms with van der Waals surface area (Å²) in [7, 11) is 1.28. The van der Waals surface area contributed by atoms with E-state index in [0.29, 0.717) is 25.5 Å². The van der Waals surface area contributed by atoms with Crippen molar-refractivity contribution >= 4 is 17.6 Å². The van der Waals surface area contributed by atoms with Gasteiger partial charge in [0.15, 0.2) is 5.82 Å². The molecule has 1 aliphatic heterocycles. The lowest BCUT2D eigenvalue weighted by atomic mass is 10.1. The number of carbonyl (C=O) groups is 1. The van der Waals surface area contributed by atoms with Crippen LogP contribution in [-0.4, -0.2) is 47.2 Å².